The van der Waals surface area contributed by atoms with E-state index < -0.39 is 0 Å². The zero-order chi connectivity index (χ0) is 14.4. The molecule has 0 spiro atoms. The molecule has 2 fully saturated rings. The van der Waals surface area contributed by atoms with Crippen molar-refractivity contribution >= 4 is 0 Å². The van der Waals surface area contributed by atoms with E-state index in [0.29, 0.717) is 6.04 Å². The minimum atomic E-state index is 0.707. The van der Waals surface area contributed by atoms with Gasteiger partial charge in [0.2, 0.25) is 0 Å². The topological polar surface area (TPSA) is 18.5 Å². The molecule has 0 radical (unpaired) electrons. The highest BCUT2D eigenvalue weighted by atomic mass is 15.3. The monoisotopic (exact) mass is 281 g/mol. The van der Waals surface area contributed by atoms with E-state index in [1.54, 1.807) is 0 Å². The SMILES string of the molecule is CCNC1CCCCCCC1N1CCN(C(C)C)CC1. The van der Waals surface area contributed by atoms with E-state index in [2.05, 4.69) is 35.9 Å². The molecule has 2 atom stereocenters. The first-order chi connectivity index (χ1) is 9.72. The zero-order valence-corrected chi connectivity index (χ0v) is 13.9. The Morgan fingerprint density at radius 2 is 1.60 bits per heavy atom. The first-order valence-electron chi connectivity index (χ1n) is 8.94. The Hall–Kier alpha value is -0.120. The largest absolute Gasteiger partial charge is 0.313 e. The van der Waals surface area contributed by atoms with Gasteiger partial charge in [-0.2, -0.15) is 0 Å². The lowest BCUT2D eigenvalue weighted by Gasteiger charge is -2.44. The molecule has 1 saturated carbocycles. The minimum absolute atomic E-state index is 0.707. The smallest absolute Gasteiger partial charge is 0.0250 e. The van der Waals surface area contributed by atoms with Crippen LogP contribution in [0, 0.1) is 0 Å². The molecule has 1 aliphatic carbocycles. The van der Waals surface area contributed by atoms with Gasteiger partial charge in [-0.05, 0) is 33.2 Å². The van der Waals surface area contributed by atoms with E-state index in [1.807, 2.05) is 0 Å². The molecule has 1 saturated heterocycles. The molecule has 0 amide bonds. The molecule has 2 aliphatic rings. The summed E-state index contributed by atoms with van der Waals surface area (Å²) in [5, 5.41) is 3.78. The lowest BCUT2D eigenvalue weighted by atomic mass is 9.90. The standard InChI is InChI=1S/C17H35N3/c1-4-18-16-9-7-5-6-8-10-17(16)20-13-11-19(12-14-20)15(2)3/h15-18H,4-14H2,1-3H3. The highest BCUT2D eigenvalue weighted by Gasteiger charge is 2.30. The molecular formula is C17H35N3. The number of likely N-dealkylation sites (N-methyl/N-ethyl adjacent to an activating group) is 1. The molecular weight excluding hydrogens is 246 g/mol. The summed E-state index contributed by atoms with van der Waals surface area (Å²) in [5.74, 6) is 0. The third-order valence-corrected chi connectivity index (χ3v) is 5.24. The van der Waals surface area contributed by atoms with Gasteiger partial charge in [0.1, 0.15) is 0 Å². The summed E-state index contributed by atoms with van der Waals surface area (Å²) in [7, 11) is 0. The molecule has 1 heterocycles. The molecule has 3 nitrogen and oxygen atoms in total. The Labute approximate surface area is 126 Å². The van der Waals surface area contributed by atoms with Gasteiger partial charge in [-0.25, -0.2) is 0 Å². The number of rotatable bonds is 4. The van der Waals surface area contributed by atoms with E-state index in [-0.39, 0.29) is 0 Å². The number of piperazine rings is 1. The molecule has 2 unspecified atom stereocenters. The van der Waals surface area contributed by atoms with Gasteiger partial charge >= 0.3 is 0 Å². The summed E-state index contributed by atoms with van der Waals surface area (Å²) >= 11 is 0. The summed E-state index contributed by atoms with van der Waals surface area (Å²) in [6.07, 6.45) is 8.51. The van der Waals surface area contributed by atoms with Crippen molar-refractivity contribution in [3.63, 3.8) is 0 Å². The Morgan fingerprint density at radius 3 is 2.20 bits per heavy atom. The van der Waals surface area contributed by atoms with Crippen LogP contribution in [0.5, 0.6) is 0 Å². The quantitative estimate of drug-likeness (QED) is 0.855. The Balaban J connectivity index is 1.92. The van der Waals surface area contributed by atoms with Crippen molar-refractivity contribution < 1.29 is 0 Å². The van der Waals surface area contributed by atoms with Crippen LogP contribution in [0.3, 0.4) is 0 Å². The molecule has 2 rings (SSSR count). The summed E-state index contributed by atoms with van der Waals surface area (Å²) in [6.45, 7) is 13.1. The van der Waals surface area contributed by atoms with E-state index in [0.717, 1.165) is 18.6 Å². The van der Waals surface area contributed by atoms with Crippen LogP contribution in [0.2, 0.25) is 0 Å². The average molecular weight is 281 g/mol. The predicted octanol–water partition coefficient (Wildman–Crippen LogP) is 2.71. The molecule has 1 aliphatic heterocycles. The molecule has 0 aromatic rings. The van der Waals surface area contributed by atoms with E-state index in [9.17, 15) is 0 Å². The fourth-order valence-corrected chi connectivity index (χ4v) is 3.99. The van der Waals surface area contributed by atoms with Crippen LogP contribution in [-0.2, 0) is 0 Å². The van der Waals surface area contributed by atoms with Gasteiger partial charge in [-0.1, -0.05) is 32.6 Å². The highest BCUT2D eigenvalue weighted by Crippen LogP contribution is 2.23. The zero-order valence-electron chi connectivity index (χ0n) is 13.9. The first kappa shape index (κ1) is 16.3. The van der Waals surface area contributed by atoms with Crippen LogP contribution < -0.4 is 5.32 Å². The van der Waals surface area contributed by atoms with E-state index >= 15 is 0 Å². The van der Waals surface area contributed by atoms with Gasteiger partial charge < -0.3 is 5.32 Å². The van der Waals surface area contributed by atoms with Gasteiger partial charge in [-0.15, -0.1) is 0 Å². The molecule has 20 heavy (non-hydrogen) atoms. The summed E-state index contributed by atoms with van der Waals surface area (Å²) in [6, 6.07) is 2.22. The van der Waals surface area contributed by atoms with Gasteiger partial charge in [0.05, 0.1) is 0 Å². The van der Waals surface area contributed by atoms with Crippen molar-refractivity contribution in [2.45, 2.75) is 77.4 Å². The second-order valence-corrected chi connectivity index (χ2v) is 6.89. The average Bonchev–Trinajstić information content (AvgIpc) is 2.42. The normalized spacial score (nSPS) is 31.2. The number of hydrogen-bond acceptors (Lipinski definition) is 3. The van der Waals surface area contributed by atoms with Crippen molar-refractivity contribution in [1.82, 2.24) is 15.1 Å². The number of hydrogen-bond donors (Lipinski definition) is 1. The molecule has 0 aromatic carbocycles. The molecule has 118 valence electrons. The summed E-state index contributed by atoms with van der Waals surface area (Å²) in [5.41, 5.74) is 0. The molecule has 3 heteroatoms. The maximum Gasteiger partial charge on any atom is 0.0250 e. The second kappa shape index (κ2) is 8.35. The Morgan fingerprint density at radius 1 is 0.950 bits per heavy atom. The minimum Gasteiger partial charge on any atom is -0.313 e. The van der Waals surface area contributed by atoms with Crippen LogP contribution in [0.25, 0.3) is 0 Å². The predicted molar refractivity (Wildman–Crippen MR) is 87.2 cm³/mol. The maximum atomic E-state index is 3.78. The van der Waals surface area contributed by atoms with Crippen molar-refractivity contribution in [2.24, 2.45) is 0 Å². The highest BCUT2D eigenvalue weighted by molar-refractivity contribution is 4.88. The Bertz CT molecular complexity index is 259. The lowest BCUT2D eigenvalue weighted by molar-refractivity contribution is 0.0552. The maximum absolute atomic E-state index is 3.78. The van der Waals surface area contributed by atoms with Crippen LogP contribution in [0.1, 0.15) is 59.3 Å². The summed E-state index contributed by atoms with van der Waals surface area (Å²) in [4.78, 5) is 5.42. The third kappa shape index (κ3) is 4.44. The van der Waals surface area contributed by atoms with Gasteiger partial charge in [-0.3, -0.25) is 9.80 Å². The van der Waals surface area contributed by atoms with Crippen LogP contribution in [-0.4, -0.2) is 60.6 Å². The van der Waals surface area contributed by atoms with Crippen molar-refractivity contribution in [2.75, 3.05) is 32.7 Å². The van der Waals surface area contributed by atoms with Gasteiger partial charge in [0, 0.05) is 44.3 Å². The van der Waals surface area contributed by atoms with Crippen LogP contribution >= 0.6 is 0 Å². The van der Waals surface area contributed by atoms with Crippen molar-refractivity contribution in [3.05, 3.63) is 0 Å². The van der Waals surface area contributed by atoms with Gasteiger partial charge in [0.25, 0.3) is 0 Å². The fraction of sp³-hybridized carbons (Fsp3) is 1.00. The van der Waals surface area contributed by atoms with Crippen molar-refractivity contribution in [1.29, 1.82) is 0 Å². The Kier molecular flexibility index (Phi) is 6.79. The molecule has 0 aromatic heterocycles. The molecule has 0 bridgehead atoms. The van der Waals surface area contributed by atoms with Gasteiger partial charge in [0.15, 0.2) is 0 Å². The summed E-state index contributed by atoms with van der Waals surface area (Å²) < 4.78 is 0. The molecule has 1 N–H and O–H groups in total. The number of nitrogens with one attached hydrogen (secondary N) is 1. The fourth-order valence-electron chi connectivity index (χ4n) is 3.99. The van der Waals surface area contributed by atoms with Crippen LogP contribution in [0.15, 0.2) is 0 Å². The third-order valence-electron chi connectivity index (χ3n) is 5.24. The lowest BCUT2D eigenvalue weighted by Crippen LogP contribution is -2.57. The van der Waals surface area contributed by atoms with Crippen LogP contribution in [0.4, 0.5) is 0 Å². The van der Waals surface area contributed by atoms with E-state index in [4.69, 9.17) is 0 Å². The van der Waals surface area contributed by atoms with E-state index in [1.165, 1.54) is 64.7 Å². The van der Waals surface area contributed by atoms with Crippen molar-refractivity contribution in [3.8, 4) is 0 Å². The number of nitrogens with zero attached hydrogens (tertiary/aromatic N) is 2. The first-order valence-corrected chi connectivity index (χ1v) is 8.94. The second-order valence-electron chi connectivity index (χ2n) is 6.89.